The second-order valence-corrected chi connectivity index (χ2v) is 2.50. The van der Waals surface area contributed by atoms with E-state index in [4.69, 9.17) is 9.47 Å². The van der Waals surface area contributed by atoms with Crippen LogP contribution in [0, 0.1) is 0 Å². The predicted molar refractivity (Wildman–Crippen MR) is 47.0 cm³/mol. The monoisotopic (exact) mass is 181 g/mol. The second kappa shape index (κ2) is 4.45. The minimum atomic E-state index is -0.0484. The minimum Gasteiger partial charge on any atom is -0.491 e. The Balaban J connectivity index is 2.69. The van der Waals surface area contributed by atoms with Crippen LogP contribution in [0.25, 0.3) is 0 Å². The normalized spacial score (nSPS) is 9.38. The lowest BCUT2D eigenvalue weighted by Crippen LogP contribution is -2.08. The molecule has 13 heavy (non-hydrogen) atoms. The van der Waals surface area contributed by atoms with Gasteiger partial charge in [0.05, 0.1) is 7.11 Å². The first kappa shape index (κ1) is 9.51. The van der Waals surface area contributed by atoms with Gasteiger partial charge in [0.1, 0.15) is 6.61 Å². The van der Waals surface area contributed by atoms with Crippen LogP contribution in [-0.2, 0) is 4.79 Å². The molecule has 0 aliphatic carbocycles. The van der Waals surface area contributed by atoms with Crippen LogP contribution in [0.5, 0.6) is 11.6 Å². The summed E-state index contributed by atoms with van der Waals surface area (Å²) in [5.41, 5.74) is 0. The van der Waals surface area contributed by atoms with E-state index in [1.165, 1.54) is 14.0 Å². The molecule has 0 saturated heterocycles. The number of Topliss-reactive ketones (excluding diaryl/α,β-unsaturated/α-hetero) is 1. The molecule has 1 aromatic rings. The van der Waals surface area contributed by atoms with E-state index in [-0.39, 0.29) is 12.4 Å². The molecule has 0 atom stereocenters. The molecule has 0 aliphatic heterocycles. The Kier molecular flexibility index (Phi) is 3.25. The van der Waals surface area contributed by atoms with Gasteiger partial charge in [-0.05, 0) is 19.1 Å². The first-order valence-corrected chi connectivity index (χ1v) is 3.85. The quantitative estimate of drug-likeness (QED) is 0.696. The van der Waals surface area contributed by atoms with Crippen molar-refractivity contribution in [3.05, 3.63) is 18.3 Å². The van der Waals surface area contributed by atoms with E-state index in [2.05, 4.69) is 4.98 Å². The molecule has 1 rings (SSSR count). The van der Waals surface area contributed by atoms with E-state index < -0.39 is 0 Å². The second-order valence-electron chi connectivity index (χ2n) is 2.50. The molecule has 0 radical (unpaired) electrons. The highest BCUT2D eigenvalue weighted by atomic mass is 16.5. The fraction of sp³-hybridized carbons (Fsp3) is 0.333. The molecule has 0 aromatic carbocycles. The molecule has 0 amide bonds. The number of pyridine rings is 1. The Morgan fingerprint density at radius 1 is 1.62 bits per heavy atom. The van der Waals surface area contributed by atoms with Gasteiger partial charge in [0.25, 0.3) is 5.88 Å². The summed E-state index contributed by atoms with van der Waals surface area (Å²) in [5, 5.41) is 0. The number of methoxy groups -OCH3 is 1. The van der Waals surface area contributed by atoms with Gasteiger partial charge >= 0.3 is 0 Å². The number of ketones is 1. The molecule has 4 heteroatoms. The van der Waals surface area contributed by atoms with Gasteiger partial charge in [0, 0.05) is 6.20 Å². The van der Waals surface area contributed by atoms with Gasteiger partial charge in [-0.1, -0.05) is 0 Å². The van der Waals surface area contributed by atoms with Gasteiger partial charge in [-0.3, -0.25) is 4.79 Å². The molecule has 70 valence electrons. The van der Waals surface area contributed by atoms with Crippen molar-refractivity contribution in [1.82, 2.24) is 4.98 Å². The summed E-state index contributed by atoms with van der Waals surface area (Å²) in [6, 6.07) is 3.46. The van der Waals surface area contributed by atoms with Gasteiger partial charge in [-0.2, -0.15) is 0 Å². The van der Waals surface area contributed by atoms with E-state index in [9.17, 15) is 4.79 Å². The van der Waals surface area contributed by atoms with E-state index >= 15 is 0 Å². The molecule has 1 aromatic heterocycles. The van der Waals surface area contributed by atoms with Crippen molar-refractivity contribution in [3.8, 4) is 11.6 Å². The van der Waals surface area contributed by atoms with Gasteiger partial charge in [0.2, 0.25) is 0 Å². The molecule has 0 fully saturated rings. The number of rotatable bonds is 4. The van der Waals surface area contributed by atoms with Gasteiger partial charge in [0.15, 0.2) is 11.5 Å². The maximum atomic E-state index is 10.6. The van der Waals surface area contributed by atoms with Gasteiger partial charge in [-0.25, -0.2) is 4.98 Å². The number of nitrogens with zero attached hydrogens (tertiary/aromatic N) is 1. The largest absolute Gasteiger partial charge is 0.491 e. The predicted octanol–water partition coefficient (Wildman–Crippen LogP) is 1.06. The number of aromatic nitrogens is 1. The average molecular weight is 181 g/mol. The summed E-state index contributed by atoms with van der Waals surface area (Å²) < 4.78 is 10.1. The Morgan fingerprint density at radius 3 is 3.00 bits per heavy atom. The Hall–Kier alpha value is -1.58. The molecule has 0 N–H and O–H groups in total. The lowest BCUT2D eigenvalue weighted by atomic mass is 10.4. The summed E-state index contributed by atoms with van der Waals surface area (Å²) >= 11 is 0. The lowest BCUT2D eigenvalue weighted by molar-refractivity contribution is -0.119. The Bertz CT molecular complexity index is 299. The van der Waals surface area contributed by atoms with E-state index in [0.29, 0.717) is 11.6 Å². The zero-order valence-electron chi connectivity index (χ0n) is 7.61. The summed E-state index contributed by atoms with van der Waals surface area (Å²) in [6.45, 7) is 1.47. The first-order valence-electron chi connectivity index (χ1n) is 3.85. The van der Waals surface area contributed by atoms with Crippen LogP contribution in [0.3, 0.4) is 0 Å². The number of ether oxygens (including phenoxy) is 2. The molecule has 0 bridgehead atoms. The van der Waals surface area contributed by atoms with Crippen molar-refractivity contribution in [3.63, 3.8) is 0 Å². The summed E-state index contributed by atoms with van der Waals surface area (Å²) in [5.74, 6) is 0.830. The van der Waals surface area contributed by atoms with Crippen molar-refractivity contribution in [1.29, 1.82) is 0 Å². The van der Waals surface area contributed by atoms with Crippen LogP contribution in [0.4, 0.5) is 0 Å². The Labute approximate surface area is 76.5 Å². The standard InChI is InChI=1S/C9H11NO3/c1-7(11)6-13-9-8(12-2)4-3-5-10-9/h3-5H,6H2,1-2H3. The van der Waals surface area contributed by atoms with Crippen LogP contribution < -0.4 is 9.47 Å². The summed E-state index contributed by atoms with van der Waals surface area (Å²) in [7, 11) is 1.53. The zero-order valence-corrected chi connectivity index (χ0v) is 7.61. The first-order chi connectivity index (χ1) is 6.24. The minimum absolute atomic E-state index is 0.0212. The highest BCUT2D eigenvalue weighted by Crippen LogP contribution is 2.22. The third kappa shape index (κ3) is 2.74. The SMILES string of the molecule is COc1cccnc1OCC(C)=O. The summed E-state index contributed by atoms with van der Waals surface area (Å²) in [4.78, 5) is 14.5. The van der Waals surface area contributed by atoms with Crippen LogP contribution in [-0.4, -0.2) is 24.5 Å². The molecular formula is C9H11NO3. The fourth-order valence-corrected chi connectivity index (χ4v) is 0.810. The molecule has 0 saturated carbocycles. The van der Waals surface area contributed by atoms with Gasteiger partial charge < -0.3 is 9.47 Å². The molecule has 1 heterocycles. The Morgan fingerprint density at radius 2 is 2.38 bits per heavy atom. The number of carbonyl (C=O) groups excluding carboxylic acids is 1. The maximum absolute atomic E-state index is 10.6. The molecule has 4 nitrogen and oxygen atoms in total. The fourth-order valence-electron chi connectivity index (χ4n) is 0.810. The zero-order chi connectivity index (χ0) is 9.68. The van der Waals surface area contributed by atoms with Crippen molar-refractivity contribution < 1.29 is 14.3 Å². The lowest BCUT2D eigenvalue weighted by Gasteiger charge is -2.06. The highest BCUT2D eigenvalue weighted by molar-refractivity contribution is 5.77. The van der Waals surface area contributed by atoms with Crippen molar-refractivity contribution >= 4 is 5.78 Å². The number of carbonyl (C=O) groups is 1. The van der Waals surface area contributed by atoms with Crippen LogP contribution in [0.2, 0.25) is 0 Å². The molecule has 0 unspecified atom stereocenters. The summed E-state index contributed by atoms with van der Waals surface area (Å²) in [6.07, 6.45) is 1.58. The van der Waals surface area contributed by atoms with E-state index in [0.717, 1.165) is 0 Å². The molecule has 0 aliphatic rings. The van der Waals surface area contributed by atoms with Crippen molar-refractivity contribution in [2.75, 3.05) is 13.7 Å². The van der Waals surface area contributed by atoms with Crippen LogP contribution >= 0.6 is 0 Å². The van der Waals surface area contributed by atoms with Crippen LogP contribution in [0.1, 0.15) is 6.92 Å². The van der Waals surface area contributed by atoms with E-state index in [1.54, 1.807) is 18.3 Å². The van der Waals surface area contributed by atoms with E-state index in [1.807, 2.05) is 0 Å². The maximum Gasteiger partial charge on any atom is 0.257 e. The third-order valence-electron chi connectivity index (χ3n) is 1.37. The van der Waals surface area contributed by atoms with Crippen molar-refractivity contribution in [2.24, 2.45) is 0 Å². The highest BCUT2D eigenvalue weighted by Gasteiger charge is 2.04. The van der Waals surface area contributed by atoms with Crippen molar-refractivity contribution in [2.45, 2.75) is 6.92 Å². The average Bonchev–Trinajstić information content (AvgIpc) is 2.15. The van der Waals surface area contributed by atoms with Crippen LogP contribution in [0.15, 0.2) is 18.3 Å². The third-order valence-corrected chi connectivity index (χ3v) is 1.37. The smallest absolute Gasteiger partial charge is 0.257 e. The molecule has 0 spiro atoms. The number of hydrogen-bond donors (Lipinski definition) is 0. The number of hydrogen-bond acceptors (Lipinski definition) is 4. The molecular weight excluding hydrogens is 170 g/mol. The van der Waals surface area contributed by atoms with Gasteiger partial charge in [-0.15, -0.1) is 0 Å². The topological polar surface area (TPSA) is 48.4 Å².